The van der Waals surface area contributed by atoms with Gasteiger partial charge in [0.2, 0.25) is 0 Å². The molecule has 3 aromatic rings. The Kier molecular flexibility index (Phi) is 10.5. The Labute approximate surface area is 207 Å². The highest BCUT2D eigenvalue weighted by Crippen LogP contribution is 2.17. The standard InChI is InChI=1S/C24H31N5O2.HI/c1-18-15-19(2)29(28-18)23-8-6-5-7-21(23)17-27-24(25-3)26-16-20-9-11-22(12-10-20)31-14-13-30-4;/h5-12,15H,13-14,16-17H2,1-4H3,(H2,25,26,27);1H. The smallest absolute Gasteiger partial charge is 0.191 e. The van der Waals surface area contributed by atoms with Crippen LogP contribution >= 0.6 is 24.0 Å². The van der Waals surface area contributed by atoms with Crippen molar-refractivity contribution in [2.45, 2.75) is 26.9 Å². The number of para-hydroxylation sites is 1. The van der Waals surface area contributed by atoms with Crippen LogP contribution in [0.3, 0.4) is 0 Å². The van der Waals surface area contributed by atoms with Gasteiger partial charge in [-0.25, -0.2) is 4.68 Å². The summed E-state index contributed by atoms with van der Waals surface area (Å²) in [6, 6.07) is 18.4. The van der Waals surface area contributed by atoms with Crippen molar-refractivity contribution in [1.82, 2.24) is 20.4 Å². The summed E-state index contributed by atoms with van der Waals surface area (Å²) in [6.45, 7) is 6.50. The summed E-state index contributed by atoms with van der Waals surface area (Å²) in [5.74, 6) is 1.58. The number of hydrogen-bond acceptors (Lipinski definition) is 4. The van der Waals surface area contributed by atoms with Crippen molar-refractivity contribution in [2.75, 3.05) is 27.4 Å². The molecule has 8 heteroatoms. The first-order valence-electron chi connectivity index (χ1n) is 10.4. The molecule has 32 heavy (non-hydrogen) atoms. The first-order chi connectivity index (χ1) is 15.1. The van der Waals surface area contributed by atoms with E-state index in [-0.39, 0.29) is 24.0 Å². The molecule has 2 aromatic carbocycles. The van der Waals surface area contributed by atoms with Gasteiger partial charge in [0.15, 0.2) is 5.96 Å². The molecule has 0 amide bonds. The molecule has 1 aromatic heterocycles. The maximum Gasteiger partial charge on any atom is 0.191 e. The van der Waals surface area contributed by atoms with Crippen LogP contribution in [-0.4, -0.2) is 43.1 Å². The molecule has 0 fully saturated rings. The van der Waals surface area contributed by atoms with Crippen LogP contribution in [0.2, 0.25) is 0 Å². The Morgan fingerprint density at radius 1 is 1.00 bits per heavy atom. The number of nitrogens with zero attached hydrogens (tertiary/aromatic N) is 3. The number of ether oxygens (including phenoxy) is 2. The van der Waals surface area contributed by atoms with Crippen LogP contribution in [0.25, 0.3) is 5.69 Å². The van der Waals surface area contributed by atoms with Gasteiger partial charge >= 0.3 is 0 Å². The Morgan fingerprint density at radius 3 is 2.38 bits per heavy atom. The molecule has 0 unspecified atom stereocenters. The van der Waals surface area contributed by atoms with Crippen molar-refractivity contribution in [3.63, 3.8) is 0 Å². The van der Waals surface area contributed by atoms with Crippen molar-refractivity contribution in [3.05, 3.63) is 77.1 Å². The molecule has 0 saturated heterocycles. The lowest BCUT2D eigenvalue weighted by Crippen LogP contribution is -2.36. The van der Waals surface area contributed by atoms with Crippen LogP contribution in [-0.2, 0) is 17.8 Å². The summed E-state index contributed by atoms with van der Waals surface area (Å²) in [7, 11) is 3.44. The van der Waals surface area contributed by atoms with E-state index in [1.54, 1.807) is 14.2 Å². The summed E-state index contributed by atoms with van der Waals surface area (Å²) in [5.41, 5.74) is 5.48. The normalized spacial score (nSPS) is 11.1. The summed E-state index contributed by atoms with van der Waals surface area (Å²) in [6.07, 6.45) is 0. The molecule has 2 N–H and O–H groups in total. The van der Waals surface area contributed by atoms with Gasteiger partial charge in [-0.05, 0) is 49.2 Å². The zero-order valence-electron chi connectivity index (χ0n) is 19.1. The highest BCUT2D eigenvalue weighted by molar-refractivity contribution is 14.0. The van der Waals surface area contributed by atoms with Crippen LogP contribution in [0, 0.1) is 13.8 Å². The zero-order valence-corrected chi connectivity index (χ0v) is 21.4. The number of nitrogens with one attached hydrogen (secondary N) is 2. The number of methoxy groups -OCH3 is 1. The highest BCUT2D eigenvalue weighted by Gasteiger charge is 2.09. The van der Waals surface area contributed by atoms with E-state index in [0.29, 0.717) is 26.3 Å². The fourth-order valence-electron chi connectivity index (χ4n) is 3.27. The van der Waals surface area contributed by atoms with Crippen molar-refractivity contribution < 1.29 is 9.47 Å². The second-order valence-electron chi connectivity index (χ2n) is 7.23. The molecule has 3 rings (SSSR count). The lowest BCUT2D eigenvalue weighted by molar-refractivity contribution is 0.146. The molecule has 0 aliphatic heterocycles. The third-order valence-corrected chi connectivity index (χ3v) is 4.84. The molecule has 1 heterocycles. The molecule has 172 valence electrons. The van der Waals surface area contributed by atoms with E-state index < -0.39 is 0 Å². The average Bonchev–Trinajstić information content (AvgIpc) is 3.13. The SMILES string of the molecule is CN=C(NCc1ccc(OCCOC)cc1)NCc1ccccc1-n1nc(C)cc1C.I. The second kappa shape index (κ2) is 13.1. The van der Waals surface area contributed by atoms with Gasteiger partial charge in [-0.3, -0.25) is 4.99 Å². The number of aromatic nitrogens is 2. The molecule has 0 aliphatic carbocycles. The lowest BCUT2D eigenvalue weighted by Gasteiger charge is -2.15. The zero-order chi connectivity index (χ0) is 22.1. The number of rotatable bonds is 9. The molecule has 0 spiro atoms. The minimum atomic E-state index is 0. The van der Waals surface area contributed by atoms with E-state index in [4.69, 9.17) is 9.47 Å². The van der Waals surface area contributed by atoms with Crippen LogP contribution in [0.15, 0.2) is 59.6 Å². The molecule has 7 nitrogen and oxygen atoms in total. The van der Waals surface area contributed by atoms with Gasteiger partial charge in [-0.15, -0.1) is 24.0 Å². The molecule has 0 bridgehead atoms. The fourth-order valence-corrected chi connectivity index (χ4v) is 3.27. The first-order valence-corrected chi connectivity index (χ1v) is 10.4. The van der Waals surface area contributed by atoms with Gasteiger partial charge in [0, 0.05) is 32.9 Å². The Bertz CT molecular complexity index is 1000. The number of aliphatic imine (C=N–C) groups is 1. The summed E-state index contributed by atoms with van der Waals surface area (Å²) >= 11 is 0. The summed E-state index contributed by atoms with van der Waals surface area (Å²) < 4.78 is 12.6. The van der Waals surface area contributed by atoms with E-state index in [1.165, 1.54) is 0 Å². The van der Waals surface area contributed by atoms with Gasteiger partial charge in [0.05, 0.1) is 18.0 Å². The third kappa shape index (κ3) is 7.23. The summed E-state index contributed by atoms with van der Waals surface area (Å²) in [5, 5.41) is 11.4. The van der Waals surface area contributed by atoms with Crippen molar-refractivity contribution in [1.29, 1.82) is 0 Å². The second-order valence-corrected chi connectivity index (χ2v) is 7.23. The van der Waals surface area contributed by atoms with Crippen molar-refractivity contribution in [2.24, 2.45) is 4.99 Å². The monoisotopic (exact) mass is 549 g/mol. The Hall–Kier alpha value is -2.59. The Balaban J connectivity index is 0.00000363. The third-order valence-electron chi connectivity index (χ3n) is 4.84. The molecule has 0 radical (unpaired) electrons. The van der Waals surface area contributed by atoms with Gasteiger partial charge < -0.3 is 20.1 Å². The predicted octanol–water partition coefficient (Wildman–Crippen LogP) is 4.00. The lowest BCUT2D eigenvalue weighted by atomic mass is 10.1. The minimum Gasteiger partial charge on any atom is -0.491 e. The van der Waals surface area contributed by atoms with Crippen LogP contribution in [0.5, 0.6) is 5.75 Å². The number of hydrogen-bond donors (Lipinski definition) is 2. The highest BCUT2D eigenvalue weighted by atomic mass is 127. The number of guanidine groups is 1. The quantitative estimate of drug-likeness (QED) is 0.183. The molecule has 0 atom stereocenters. The molecular weight excluding hydrogens is 517 g/mol. The van der Waals surface area contributed by atoms with E-state index in [2.05, 4.69) is 45.8 Å². The maximum atomic E-state index is 5.60. The van der Waals surface area contributed by atoms with Crippen molar-refractivity contribution in [3.8, 4) is 11.4 Å². The largest absolute Gasteiger partial charge is 0.491 e. The number of halogens is 1. The fraction of sp³-hybridized carbons (Fsp3) is 0.333. The predicted molar refractivity (Wildman–Crippen MR) is 139 cm³/mol. The number of aryl methyl sites for hydroxylation is 2. The molecular formula is C24H32IN5O2. The van der Waals surface area contributed by atoms with Crippen LogP contribution < -0.4 is 15.4 Å². The molecule has 0 aliphatic rings. The first kappa shape index (κ1) is 25.7. The number of benzene rings is 2. The summed E-state index contributed by atoms with van der Waals surface area (Å²) in [4.78, 5) is 4.34. The molecule has 0 saturated carbocycles. The van der Waals surface area contributed by atoms with E-state index in [9.17, 15) is 0 Å². The van der Waals surface area contributed by atoms with Gasteiger partial charge in [0.25, 0.3) is 0 Å². The average molecular weight is 549 g/mol. The minimum absolute atomic E-state index is 0. The van der Waals surface area contributed by atoms with Gasteiger partial charge in [0.1, 0.15) is 12.4 Å². The maximum absolute atomic E-state index is 5.60. The topological polar surface area (TPSA) is 72.7 Å². The van der Waals surface area contributed by atoms with Crippen molar-refractivity contribution >= 4 is 29.9 Å². The van der Waals surface area contributed by atoms with E-state index in [0.717, 1.165) is 39.9 Å². The van der Waals surface area contributed by atoms with E-state index >= 15 is 0 Å². The van der Waals surface area contributed by atoms with Crippen LogP contribution in [0.1, 0.15) is 22.5 Å². The Morgan fingerprint density at radius 2 is 1.72 bits per heavy atom. The van der Waals surface area contributed by atoms with Gasteiger partial charge in [-0.1, -0.05) is 30.3 Å². The van der Waals surface area contributed by atoms with Gasteiger partial charge in [-0.2, -0.15) is 5.10 Å². The van der Waals surface area contributed by atoms with E-state index in [1.807, 2.05) is 48.0 Å². The van der Waals surface area contributed by atoms with Crippen LogP contribution in [0.4, 0.5) is 0 Å².